The van der Waals surface area contributed by atoms with Crippen LogP contribution in [0.3, 0.4) is 0 Å². The van der Waals surface area contributed by atoms with E-state index in [1.54, 1.807) is 0 Å². The average molecular weight is 253 g/mol. The van der Waals surface area contributed by atoms with Crippen molar-refractivity contribution in [2.75, 3.05) is 0 Å². The number of benzene rings is 2. The van der Waals surface area contributed by atoms with Gasteiger partial charge in [-0.2, -0.15) is 0 Å². The van der Waals surface area contributed by atoms with Gasteiger partial charge in [-0.3, -0.25) is 14.9 Å². The van der Waals surface area contributed by atoms with E-state index in [2.05, 4.69) is 5.32 Å². The van der Waals surface area contributed by atoms with E-state index in [9.17, 15) is 9.59 Å². The van der Waals surface area contributed by atoms with Crippen LogP contribution in [0.2, 0.25) is 0 Å². The molecule has 0 saturated heterocycles. The molecule has 3 rings (SSSR count). The number of carbonyl (C=O) groups excluding carboxylic acids is 2. The van der Waals surface area contributed by atoms with E-state index in [-0.39, 0.29) is 17.7 Å². The second-order valence-electron chi connectivity index (χ2n) is 4.91. The highest BCUT2D eigenvalue weighted by molar-refractivity contribution is 6.17. The minimum atomic E-state index is -0.274. The molecule has 0 saturated carbocycles. The fourth-order valence-electron chi connectivity index (χ4n) is 2.81. The Balaban J connectivity index is 2.28. The van der Waals surface area contributed by atoms with Crippen LogP contribution in [-0.4, -0.2) is 11.8 Å². The van der Waals surface area contributed by atoms with E-state index in [1.165, 1.54) is 0 Å². The van der Waals surface area contributed by atoms with Crippen molar-refractivity contribution in [1.29, 1.82) is 0 Å². The molecular formula is C16H15NO2. The molecular weight excluding hydrogens is 238 g/mol. The molecule has 0 fully saturated rings. The first kappa shape index (κ1) is 11.9. The van der Waals surface area contributed by atoms with Gasteiger partial charge >= 0.3 is 0 Å². The van der Waals surface area contributed by atoms with Gasteiger partial charge in [-0.15, -0.1) is 0 Å². The fourth-order valence-corrected chi connectivity index (χ4v) is 2.81. The van der Waals surface area contributed by atoms with E-state index < -0.39 is 0 Å². The molecule has 1 atom stereocenters. The van der Waals surface area contributed by atoms with E-state index in [1.807, 2.05) is 43.3 Å². The number of nitrogens with one attached hydrogen (secondary N) is 1. The summed E-state index contributed by atoms with van der Waals surface area (Å²) in [7, 11) is 0. The zero-order valence-corrected chi connectivity index (χ0v) is 10.8. The minimum Gasteiger partial charge on any atom is -0.292 e. The maximum absolute atomic E-state index is 12.1. The highest BCUT2D eigenvalue weighted by Gasteiger charge is 2.32. The van der Waals surface area contributed by atoms with E-state index in [0.29, 0.717) is 5.56 Å². The lowest BCUT2D eigenvalue weighted by Crippen LogP contribution is -2.40. The zero-order chi connectivity index (χ0) is 13.4. The molecule has 2 aromatic rings. The summed E-state index contributed by atoms with van der Waals surface area (Å²) >= 11 is 0. The monoisotopic (exact) mass is 253 g/mol. The Morgan fingerprint density at radius 3 is 2.68 bits per heavy atom. The second-order valence-corrected chi connectivity index (χ2v) is 4.91. The van der Waals surface area contributed by atoms with Gasteiger partial charge in [0.25, 0.3) is 5.91 Å². The molecule has 0 spiro atoms. The van der Waals surface area contributed by atoms with Crippen molar-refractivity contribution in [1.82, 2.24) is 5.32 Å². The minimum absolute atomic E-state index is 0.172. The first-order valence-corrected chi connectivity index (χ1v) is 6.59. The van der Waals surface area contributed by atoms with E-state index >= 15 is 0 Å². The lowest BCUT2D eigenvalue weighted by molar-refractivity contribution is -0.122. The fraction of sp³-hybridized carbons (Fsp3) is 0.250. The number of carbonyl (C=O) groups is 2. The number of amides is 2. The number of fused-ring (bicyclic) bond motifs is 3. The lowest BCUT2D eigenvalue weighted by atomic mass is 9.84. The standard InChI is InChI=1S/C16H15NO2/c1-2-5-13-12-9-8-10-6-3-4-7-11(10)14(12)16(19)17-15(13)18/h3-4,6-9,13H,2,5H2,1H3,(H,17,18,19). The van der Waals surface area contributed by atoms with Crippen molar-refractivity contribution in [2.45, 2.75) is 25.7 Å². The van der Waals surface area contributed by atoms with Crippen molar-refractivity contribution in [2.24, 2.45) is 0 Å². The smallest absolute Gasteiger partial charge is 0.258 e. The molecule has 0 bridgehead atoms. The summed E-state index contributed by atoms with van der Waals surface area (Å²) in [6.07, 6.45) is 1.68. The molecule has 1 N–H and O–H groups in total. The Kier molecular flexibility index (Phi) is 2.82. The van der Waals surface area contributed by atoms with E-state index in [4.69, 9.17) is 0 Å². The number of hydrogen-bond donors (Lipinski definition) is 1. The molecule has 0 aromatic heterocycles. The van der Waals surface area contributed by atoms with Gasteiger partial charge in [-0.05, 0) is 22.8 Å². The topological polar surface area (TPSA) is 46.2 Å². The second kappa shape index (κ2) is 4.50. The first-order valence-electron chi connectivity index (χ1n) is 6.59. The molecule has 1 aliphatic heterocycles. The number of hydrogen-bond acceptors (Lipinski definition) is 2. The largest absolute Gasteiger partial charge is 0.292 e. The molecule has 96 valence electrons. The van der Waals surface area contributed by atoms with Crippen LogP contribution in [0.15, 0.2) is 36.4 Å². The molecule has 1 heterocycles. The first-order chi connectivity index (χ1) is 9.22. The van der Waals surface area contributed by atoms with Crippen molar-refractivity contribution in [3.63, 3.8) is 0 Å². The highest BCUT2D eigenvalue weighted by atomic mass is 16.2. The van der Waals surface area contributed by atoms with Gasteiger partial charge in [0.05, 0.1) is 11.5 Å². The third-order valence-electron chi connectivity index (χ3n) is 3.69. The molecule has 2 amide bonds. The summed E-state index contributed by atoms with van der Waals surface area (Å²) in [5, 5.41) is 4.44. The zero-order valence-electron chi connectivity index (χ0n) is 10.8. The number of imide groups is 1. The maximum Gasteiger partial charge on any atom is 0.258 e. The molecule has 1 aliphatic rings. The van der Waals surface area contributed by atoms with Gasteiger partial charge < -0.3 is 0 Å². The van der Waals surface area contributed by atoms with E-state index in [0.717, 1.165) is 29.2 Å². The van der Waals surface area contributed by atoms with Gasteiger partial charge in [0, 0.05) is 0 Å². The summed E-state index contributed by atoms with van der Waals surface area (Å²) < 4.78 is 0. The summed E-state index contributed by atoms with van der Waals surface area (Å²) in [5.74, 6) is -0.652. The molecule has 2 aromatic carbocycles. The van der Waals surface area contributed by atoms with Crippen molar-refractivity contribution in [3.8, 4) is 0 Å². The Hall–Kier alpha value is -2.16. The van der Waals surface area contributed by atoms with Crippen LogP contribution in [-0.2, 0) is 4.79 Å². The normalized spacial score (nSPS) is 18.3. The molecule has 3 heteroatoms. The van der Waals surface area contributed by atoms with Crippen LogP contribution < -0.4 is 5.32 Å². The van der Waals surface area contributed by atoms with Crippen LogP contribution in [0.5, 0.6) is 0 Å². The predicted octanol–water partition coefficient (Wildman–Crippen LogP) is 2.99. The Bertz CT molecular complexity index is 676. The van der Waals surface area contributed by atoms with Crippen LogP contribution in [0, 0.1) is 0 Å². The summed E-state index contributed by atoms with van der Waals surface area (Å²) in [5.41, 5.74) is 1.53. The highest BCUT2D eigenvalue weighted by Crippen LogP contribution is 2.33. The van der Waals surface area contributed by atoms with Gasteiger partial charge in [0.1, 0.15) is 0 Å². The van der Waals surface area contributed by atoms with Gasteiger partial charge in [0.2, 0.25) is 5.91 Å². The summed E-state index contributed by atoms with van der Waals surface area (Å²) in [6, 6.07) is 11.7. The van der Waals surface area contributed by atoms with Crippen molar-refractivity contribution < 1.29 is 9.59 Å². The number of rotatable bonds is 2. The molecule has 19 heavy (non-hydrogen) atoms. The molecule has 1 unspecified atom stereocenters. The van der Waals surface area contributed by atoms with Gasteiger partial charge in [0.15, 0.2) is 0 Å². The van der Waals surface area contributed by atoms with Crippen LogP contribution in [0.4, 0.5) is 0 Å². The predicted molar refractivity (Wildman–Crippen MR) is 74.1 cm³/mol. The van der Waals surface area contributed by atoms with Crippen molar-refractivity contribution in [3.05, 3.63) is 47.5 Å². The molecule has 3 nitrogen and oxygen atoms in total. The van der Waals surface area contributed by atoms with Crippen LogP contribution in [0.1, 0.15) is 41.6 Å². The Morgan fingerprint density at radius 2 is 1.89 bits per heavy atom. The summed E-state index contributed by atoms with van der Waals surface area (Å²) in [6.45, 7) is 2.05. The van der Waals surface area contributed by atoms with Gasteiger partial charge in [-0.25, -0.2) is 0 Å². The van der Waals surface area contributed by atoms with Crippen molar-refractivity contribution >= 4 is 22.6 Å². The maximum atomic E-state index is 12.1. The quantitative estimate of drug-likeness (QED) is 0.836. The SMILES string of the molecule is CCCC1C(=O)NC(=O)c2c1ccc1ccccc21. The third kappa shape index (κ3) is 1.82. The van der Waals surface area contributed by atoms with Crippen LogP contribution >= 0.6 is 0 Å². The Morgan fingerprint density at radius 1 is 1.11 bits per heavy atom. The van der Waals surface area contributed by atoms with Gasteiger partial charge in [-0.1, -0.05) is 49.7 Å². The molecule has 0 aliphatic carbocycles. The average Bonchev–Trinajstić information content (AvgIpc) is 2.42. The molecule has 0 radical (unpaired) electrons. The third-order valence-corrected chi connectivity index (χ3v) is 3.69. The summed E-state index contributed by atoms with van der Waals surface area (Å²) in [4.78, 5) is 24.1. The Labute approximate surface area is 111 Å². The van der Waals surface area contributed by atoms with Crippen LogP contribution in [0.25, 0.3) is 10.8 Å². The lowest BCUT2D eigenvalue weighted by Gasteiger charge is -2.25.